The van der Waals surface area contributed by atoms with Gasteiger partial charge in [-0.3, -0.25) is 0 Å². The van der Waals surface area contributed by atoms with E-state index < -0.39 is 17.2 Å². The van der Waals surface area contributed by atoms with Crippen molar-refractivity contribution in [2.75, 3.05) is 6.54 Å². The molecule has 1 fully saturated rings. The highest BCUT2D eigenvalue weighted by Crippen LogP contribution is 2.60. The fraction of sp³-hybridized carbons (Fsp3) is 0.364. The van der Waals surface area contributed by atoms with Gasteiger partial charge in [0.15, 0.2) is 0 Å². The molecular weight excluding hydrogens is 217 g/mol. The highest BCUT2D eigenvalue weighted by molar-refractivity contribution is 5.44. The van der Waals surface area contributed by atoms with Crippen molar-refractivity contribution in [3.05, 3.63) is 35.1 Å². The van der Waals surface area contributed by atoms with Crippen molar-refractivity contribution in [3.8, 4) is 6.07 Å². The molecule has 2 N–H and O–H groups in total. The van der Waals surface area contributed by atoms with Gasteiger partial charge in [-0.25, -0.2) is 13.2 Å². The van der Waals surface area contributed by atoms with E-state index in [4.69, 9.17) is 11.0 Å². The number of nitrogens with zero attached hydrogens (tertiary/aromatic N) is 1. The first kappa shape index (κ1) is 11.0. The van der Waals surface area contributed by atoms with Gasteiger partial charge < -0.3 is 5.73 Å². The molecular formula is C11H9F3N2. The fourth-order valence-electron chi connectivity index (χ4n) is 1.90. The molecule has 0 saturated heterocycles. The summed E-state index contributed by atoms with van der Waals surface area (Å²) in [7, 11) is 0. The van der Waals surface area contributed by atoms with Gasteiger partial charge in [-0.15, -0.1) is 0 Å². The van der Waals surface area contributed by atoms with E-state index in [0.29, 0.717) is 0 Å². The van der Waals surface area contributed by atoms with Crippen LogP contribution in [-0.4, -0.2) is 12.5 Å². The van der Waals surface area contributed by atoms with Gasteiger partial charge in [0.05, 0.1) is 11.0 Å². The molecule has 2 rings (SSSR count). The molecule has 0 radical (unpaired) electrons. The Morgan fingerprint density at radius 2 is 2.06 bits per heavy atom. The lowest BCUT2D eigenvalue weighted by Crippen LogP contribution is -2.26. The minimum absolute atomic E-state index is 0.212. The predicted octanol–water partition coefficient (Wildman–Crippen LogP) is 1.93. The zero-order valence-electron chi connectivity index (χ0n) is 8.30. The SMILES string of the molecule is N#Cc1cc(C2(CN)CC2(F)F)ccc1F. The Balaban J connectivity index is 2.47. The molecule has 0 bridgehead atoms. The van der Waals surface area contributed by atoms with Gasteiger partial charge in [-0.2, -0.15) is 5.26 Å². The molecule has 1 aromatic rings. The Morgan fingerprint density at radius 3 is 2.50 bits per heavy atom. The largest absolute Gasteiger partial charge is 0.329 e. The molecule has 84 valence electrons. The molecule has 0 aliphatic heterocycles. The van der Waals surface area contributed by atoms with Gasteiger partial charge in [-0.1, -0.05) is 6.07 Å². The summed E-state index contributed by atoms with van der Waals surface area (Å²) in [4.78, 5) is 0. The summed E-state index contributed by atoms with van der Waals surface area (Å²) >= 11 is 0. The summed E-state index contributed by atoms with van der Waals surface area (Å²) < 4.78 is 39.5. The number of alkyl halides is 2. The van der Waals surface area contributed by atoms with Crippen LogP contribution in [0.3, 0.4) is 0 Å². The summed E-state index contributed by atoms with van der Waals surface area (Å²) in [5, 5.41) is 8.62. The van der Waals surface area contributed by atoms with Crippen LogP contribution >= 0.6 is 0 Å². The van der Waals surface area contributed by atoms with Crippen molar-refractivity contribution >= 4 is 0 Å². The van der Waals surface area contributed by atoms with Gasteiger partial charge in [-0.05, 0) is 17.7 Å². The molecule has 1 unspecified atom stereocenters. The van der Waals surface area contributed by atoms with Crippen molar-refractivity contribution in [2.45, 2.75) is 17.8 Å². The van der Waals surface area contributed by atoms with Crippen LogP contribution < -0.4 is 5.73 Å². The predicted molar refractivity (Wildman–Crippen MR) is 51.4 cm³/mol. The second kappa shape index (κ2) is 3.22. The van der Waals surface area contributed by atoms with Gasteiger partial charge in [0, 0.05) is 13.0 Å². The highest BCUT2D eigenvalue weighted by Gasteiger charge is 2.71. The van der Waals surface area contributed by atoms with Crippen molar-refractivity contribution < 1.29 is 13.2 Å². The maximum atomic E-state index is 13.2. The average Bonchev–Trinajstić information content (AvgIpc) is 2.83. The van der Waals surface area contributed by atoms with Crippen molar-refractivity contribution in [1.82, 2.24) is 0 Å². The smallest absolute Gasteiger partial charge is 0.260 e. The van der Waals surface area contributed by atoms with E-state index >= 15 is 0 Å². The van der Waals surface area contributed by atoms with Crippen LogP contribution in [0.4, 0.5) is 13.2 Å². The van der Waals surface area contributed by atoms with E-state index in [-0.39, 0.29) is 24.1 Å². The minimum Gasteiger partial charge on any atom is -0.329 e. The molecule has 16 heavy (non-hydrogen) atoms. The Labute approximate surface area is 90.5 Å². The molecule has 1 aliphatic rings. The molecule has 0 aromatic heterocycles. The van der Waals surface area contributed by atoms with Crippen LogP contribution in [0, 0.1) is 17.1 Å². The van der Waals surface area contributed by atoms with E-state index in [0.717, 1.165) is 12.1 Å². The highest BCUT2D eigenvalue weighted by atomic mass is 19.3. The third kappa shape index (κ3) is 1.30. The van der Waals surface area contributed by atoms with Crippen LogP contribution in [0.25, 0.3) is 0 Å². The molecule has 2 nitrogen and oxygen atoms in total. The number of halogens is 3. The van der Waals surface area contributed by atoms with Crippen LogP contribution in [0.2, 0.25) is 0 Å². The van der Waals surface area contributed by atoms with Crippen molar-refractivity contribution in [3.63, 3.8) is 0 Å². The summed E-state index contributed by atoms with van der Waals surface area (Å²) in [6.45, 7) is -0.212. The summed E-state index contributed by atoms with van der Waals surface area (Å²) in [6, 6.07) is 5.08. The van der Waals surface area contributed by atoms with Gasteiger partial charge >= 0.3 is 0 Å². The number of nitrogens with two attached hydrogens (primary N) is 1. The van der Waals surface area contributed by atoms with E-state index in [1.807, 2.05) is 0 Å². The van der Waals surface area contributed by atoms with E-state index in [1.165, 1.54) is 6.07 Å². The average molecular weight is 226 g/mol. The quantitative estimate of drug-likeness (QED) is 0.837. The lowest BCUT2D eigenvalue weighted by Gasteiger charge is -2.14. The number of hydrogen-bond acceptors (Lipinski definition) is 2. The topological polar surface area (TPSA) is 49.8 Å². The number of hydrogen-bond donors (Lipinski definition) is 1. The molecule has 0 spiro atoms. The molecule has 1 saturated carbocycles. The zero-order valence-corrected chi connectivity index (χ0v) is 8.30. The van der Waals surface area contributed by atoms with Crippen LogP contribution in [0.5, 0.6) is 0 Å². The standard InChI is InChI=1S/C11H9F3N2/c12-9-2-1-8(3-7(9)4-15)10(6-16)5-11(10,13)14/h1-3H,5-6,16H2. The van der Waals surface area contributed by atoms with Crippen LogP contribution in [0.1, 0.15) is 17.5 Å². The Morgan fingerprint density at radius 1 is 1.44 bits per heavy atom. The van der Waals surface area contributed by atoms with Gasteiger partial charge in [0.1, 0.15) is 11.9 Å². The molecule has 5 heteroatoms. The third-order valence-electron chi connectivity index (χ3n) is 3.09. The summed E-state index contributed by atoms with van der Waals surface area (Å²) in [5.74, 6) is -3.56. The normalized spacial score (nSPS) is 26.2. The Hall–Kier alpha value is -1.54. The van der Waals surface area contributed by atoms with E-state index in [9.17, 15) is 13.2 Å². The summed E-state index contributed by atoms with van der Waals surface area (Å²) in [5.41, 5.74) is 3.94. The molecule has 1 atom stereocenters. The Bertz CT molecular complexity index is 479. The number of nitriles is 1. The van der Waals surface area contributed by atoms with Crippen LogP contribution in [0.15, 0.2) is 18.2 Å². The molecule has 1 aliphatic carbocycles. The second-order valence-corrected chi connectivity index (χ2v) is 3.97. The molecule has 1 aromatic carbocycles. The first-order valence-corrected chi connectivity index (χ1v) is 4.75. The van der Waals surface area contributed by atoms with E-state index in [2.05, 4.69) is 0 Å². The minimum atomic E-state index is -2.85. The second-order valence-electron chi connectivity index (χ2n) is 3.97. The fourth-order valence-corrected chi connectivity index (χ4v) is 1.90. The summed E-state index contributed by atoms with van der Waals surface area (Å²) in [6.07, 6.45) is -0.340. The first-order valence-electron chi connectivity index (χ1n) is 4.75. The maximum absolute atomic E-state index is 13.2. The number of rotatable bonds is 2. The Kier molecular flexibility index (Phi) is 2.21. The van der Waals surface area contributed by atoms with Crippen molar-refractivity contribution in [2.24, 2.45) is 5.73 Å². The molecule has 0 amide bonds. The first-order chi connectivity index (χ1) is 7.47. The van der Waals surface area contributed by atoms with E-state index in [1.54, 1.807) is 6.07 Å². The third-order valence-corrected chi connectivity index (χ3v) is 3.09. The number of benzene rings is 1. The maximum Gasteiger partial charge on any atom is 0.260 e. The monoisotopic (exact) mass is 226 g/mol. The lowest BCUT2D eigenvalue weighted by atomic mass is 9.94. The van der Waals surface area contributed by atoms with Crippen LogP contribution in [-0.2, 0) is 5.41 Å². The zero-order chi connectivity index (χ0) is 12.0. The van der Waals surface area contributed by atoms with Gasteiger partial charge in [0.2, 0.25) is 0 Å². The molecule has 0 heterocycles. The van der Waals surface area contributed by atoms with Crippen molar-refractivity contribution in [1.29, 1.82) is 5.26 Å². The lowest BCUT2D eigenvalue weighted by molar-refractivity contribution is 0.0896. The van der Waals surface area contributed by atoms with Gasteiger partial charge in [0.25, 0.3) is 5.92 Å².